The number of halogens is 1. The van der Waals surface area contributed by atoms with E-state index in [1.54, 1.807) is 0 Å². The minimum absolute atomic E-state index is 0.258. The summed E-state index contributed by atoms with van der Waals surface area (Å²) >= 11 is 7.23. The predicted octanol–water partition coefficient (Wildman–Crippen LogP) is 14.6. The van der Waals surface area contributed by atoms with E-state index >= 15 is 0 Å². The molecule has 3 aliphatic rings. The molecule has 6 aromatic carbocycles. The molecule has 4 unspecified atom stereocenters. The SMILES string of the molecule is C=CC1C[N+]2(Cc3cc(-c4ccccc4)c(OC(C)(C)C)c(-c4ccccc4)c3)CCC1CC2C[C@@H](Oc1nc(-c2ccccc2)nc(Cl)c1-c1ccccc1)c1ccnc2ccccc12. The Morgan fingerprint density at radius 2 is 1.33 bits per heavy atom. The number of hydrogen-bond acceptors (Lipinski definition) is 5. The average Bonchev–Trinajstić information content (AvgIpc) is 3.34. The van der Waals surface area contributed by atoms with Crippen molar-refractivity contribution in [2.45, 2.75) is 64.3 Å². The van der Waals surface area contributed by atoms with E-state index in [-0.39, 0.29) is 12.1 Å². The third-order valence-corrected chi connectivity index (χ3v) is 14.0. The van der Waals surface area contributed by atoms with Gasteiger partial charge in [-0.1, -0.05) is 157 Å². The minimum atomic E-state index is -0.407. The zero-order valence-corrected chi connectivity index (χ0v) is 38.7. The number of fused-ring (bicyclic) bond motifs is 4. The molecule has 5 heterocycles. The van der Waals surface area contributed by atoms with Crippen LogP contribution in [0.2, 0.25) is 5.15 Å². The molecule has 5 atom stereocenters. The number of piperidine rings is 3. The zero-order chi connectivity index (χ0) is 45.3. The minimum Gasteiger partial charge on any atom is -0.487 e. The number of ether oxygens (including phenoxy) is 2. The van der Waals surface area contributed by atoms with Gasteiger partial charge in [0.15, 0.2) is 5.82 Å². The number of hydrogen-bond donors (Lipinski definition) is 0. The van der Waals surface area contributed by atoms with Crippen molar-refractivity contribution in [2.24, 2.45) is 11.8 Å². The quantitative estimate of drug-likeness (QED) is 0.0656. The molecule has 0 aliphatic carbocycles. The van der Waals surface area contributed by atoms with Crippen molar-refractivity contribution in [2.75, 3.05) is 13.1 Å². The molecular weight excluding hydrogens is 832 g/mol. The number of aromatic nitrogens is 3. The number of benzene rings is 6. The highest BCUT2D eigenvalue weighted by Gasteiger charge is 2.52. The topological polar surface area (TPSA) is 57.1 Å². The fourth-order valence-corrected chi connectivity index (χ4v) is 10.9. The van der Waals surface area contributed by atoms with Crippen molar-refractivity contribution >= 4 is 22.5 Å². The largest absolute Gasteiger partial charge is 0.487 e. The molecule has 0 amide bonds. The summed E-state index contributed by atoms with van der Waals surface area (Å²) in [5.41, 5.74) is 9.83. The predicted molar refractivity (Wildman–Crippen MR) is 269 cm³/mol. The van der Waals surface area contributed by atoms with Crippen LogP contribution in [0.5, 0.6) is 11.6 Å². The van der Waals surface area contributed by atoms with Crippen LogP contribution in [-0.2, 0) is 6.54 Å². The molecule has 7 heteroatoms. The molecule has 6 nitrogen and oxygen atoms in total. The first kappa shape index (κ1) is 43.3. The van der Waals surface area contributed by atoms with E-state index in [4.69, 9.17) is 36.0 Å². The third kappa shape index (κ3) is 8.88. The fourth-order valence-electron chi connectivity index (χ4n) is 10.7. The van der Waals surface area contributed by atoms with E-state index in [1.807, 2.05) is 72.9 Å². The first-order chi connectivity index (χ1) is 32.1. The molecule has 11 rings (SSSR count). The monoisotopic (exact) mass is 887 g/mol. The highest BCUT2D eigenvalue weighted by atomic mass is 35.5. The number of quaternary nitrogens is 1. The number of para-hydroxylation sites is 1. The molecule has 0 spiro atoms. The fraction of sp³-hybridized carbons (Fsp3) is 0.237. The Morgan fingerprint density at radius 1 is 0.742 bits per heavy atom. The van der Waals surface area contributed by atoms with E-state index in [1.165, 1.54) is 5.56 Å². The van der Waals surface area contributed by atoms with Crippen LogP contribution in [0.4, 0.5) is 0 Å². The summed E-state index contributed by atoms with van der Waals surface area (Å²) in [5, 5.41) is 1.42. The summed E-state index contributed by atoms with van der Waals surface area (Å²) in [5.74, 6) is 2.86. The van der Waals surface area contributed by atoms with E-state index in [0.29, 0.717) is 34.3 Å². The second-order valence-electron chi connectivity index (χ2n) is 19.1. The van der Waals surface area contributed by atoms with Gasteiger partial charge < -0.3 is 14.0 Å². The van der Waals surface area contributed by atoms with Crippen molar-refractivity contribution in [1.29, 1.82) is 0 Å². The molecule has 0 saturated carbocycles. The van der Waals surface area contributed by atoms with Crippen LogP contribution in [-0.4, -0.2) is 44.2 Å². The first-order valence-corrected chi connectivity index (χ1v) is 23.7. The van der Waals surface area contributed by atoms with Crippen LogP contribution >= 0.6 is 11.6 Å². The second kappa shape index (κ2) is 18.4. The lowest BCUT2D eigenvalue weighted by Crippen LogP contribution is -2.66. The van der Waals surface area contributed by atoms with Gasteiger partial charge in [0, 0.05) is 64.6 Å². The van der Waals surface area contributed by atoms with Gasteiger partial charge in [-0.05, 0) is 67.6 Å². The summed E-state index contributed by atoms with van der Waals surface area (Å²) in [6.07, 6.45) is 6.72. The maximum Gasteiger partial charge on any atom is 0.227 e. The summed E-state index contributed by atoms with van der Waals surface area (Å²) in [6.45, 7) is 13.7. The van der Waals surface area contributed by atoms with E-state index in [9.17, 15) is 0 Å². The Labute approximate surface area is 394 Å². The van der Waals surface area contributed by atoms with Crippen molar-refractivity contribution in [3.63, 3.8) is 0 Å². The molecule has 2 bridgehead atoms. The normalized spacial score (nSPS) is 19.6. The lowest BCUT2D eigenvalue weighted by Gasteiger charge is -2.57. The first-order valence-electron chi connectivity index (χ1n) is 23.3. The van der Waals surface area contributed by atoms with Crippen LogP contribution < -0.4 is 9.47 Å². The van der Waals surface area contributed by atoms with E-state index < -0.39 is 5.60 Å². The highest BCUT2D eigenvalue weighted by Crippen LogP contribution is 2.50. The molecule has 8 aromatic rings. The molecule has 3 fully saturated rings. The Hall–Kier alpha value is -6.60. The number of rotatable bonds is 13. The van der Waals surface area contributed by atoms with Gasteiger partial charge in [0.2, 0.25) is 5.88 Å². The average molecular weight is 889 g/mol. The summed E-state index contributed by atoms with van der Waals surface area (Å²) in [7, 11) is 0. The maximum atomic E-state index is 7.50. The second-order valence-corrected chi connectivity index (χ2v) is 19.5. The Morgan fingerprint density at radius 3 is 1.95 bits per heavy atom. The van der Waals surface area contributed by atoms with Crippen LogP contribution in [0, 0.1) is 11.8 Å². The van der Waals surface area contributed by atoms with Gasteiger partial charge in [-0.15, -0.1) is 6.58 Å². The van der Waals surface area contributed by atoms with Crippen LogP contribution in [0.1, 0.15) is 57.3 Å². The Balaban J connectivity index is 1.12. The van der Waals surface area contributed by atoms with Gasteiger partial charge in [0.05, 0.1) is 30.2 Å². The molecule has 0 N–H and O–H groups in total. The molecule has 330 valence electrons. The Kier molecular flexibility index (Phi) is 12.0. The summed E-state index contributed by atoms with van der Waals surface area (Å²) < 4.78 is 15.4. The molecule has 0 radical (unpaired) electrons. The van der Waals surface area contributed by atoms with Gasteiger partial charge >= 0.3 is 0 Å². The maximum absolute atomic E-state index is 7.50. The molecule has 2 aromatic heterocycles. The zero-order valence-electron chi connectivity index (χ0n) is 38.0. The van der Waals surface area contributed by atoms with Crippen molar-refractivity contribution in [3.05, 3.63) is 199 Å². The summed E-state index contributed by atoms with van der Waals surface area (Å²) in [4.78, 5) is 14.9. The van der Waals surface area contributed by atoms with E-state index in [2.05, 4.69) is 130 Å². The van der Waals surface area contributed by atoms with Gasteiger partial charge in [-0.3, -0.25) is 4.98 Å². The highest BCUT2D eigenvalue weighted by molar-refractivity contribution is 6.32. The molecule has 66 heavy (non-hydrogen) atoms. The standard InChI is InChI=1S/C59H56ClN4O2/c1-5-41-39-64(38-40-34-50(42-20-10-6-11-21-42)55(66-59(2,3)4)51(35-40)43-22-12-7-13-23-43)33-31-46(41)36-47(64)37-53(49-30-32-61-52-29-19-18-28-48(49)52)65-58-54(44-24-14-8-15-25-44)56(60)62-57(63-58)45-26-16-9-17-27-45/h5-30,32,34-35,41,46-47,53H,1,31,33,36-39H2,2-4H3/q+1/t41?,46?,47?,53-,64?/m1/s1. The van der Waals surface area contributed by atoms with Gasteiger partial charge in [0.1, 0.15) is 29.2 Å². The smallest absolute Gasteiger partial charge is 0.227 e. The molecular formula is C59H56ClN4O2+. The van der Waals surface area contributed by atoms with Crippen LogP contribution in [0.25, 0.3) is 55.7 Å². The Bertz CT molecular complexity index is 2910. The van der Waals surface area contributed by atoms with Crippen LogP contribution in [0.3, 0.4) is 0 Å². The van der Waals surface area contributed by atoms with Gasteiger partial charge in [-0.2, -0.15) is 4.98 Å². The molecule has 3 aliphatic heterocycles. The van der Waals surface area contributed by atoms with Gasteiger partial charge in [-0.25, -0.2) is 4.98 Å². The van der Waals surface area contributed by atoms with Crippen molar-refractivity contribution in [1.82, 2.24) is 15.0 Å². The lowest BCUT2D eigenvalue weighted by molar-refractivity contribution is -0.981. The lowest BCUT2D eigenvalue weighted by atomic mass is 9.71. The third-order valence-electron chi connectivity index (χ3n) is 13.7. The summed E-state index contributed by atoms with van der Waals surface area (Å²) in [6, 6.07) is 57.1. The van der Waals surface area contributed by atoms with Crippen molar-refractivity contribution in [3.8, 4) is 56.4 Å². The van der Waals surface area contributed by atoms with E-state index in [0.717, 1.165) is 99.0 Å². The molecule has 3 saturated heterocycles. The van der Waals surface area contributed by atoms with Gasteiger partial charge in [0.25, 0.3) is 0 Å². The number of nitrogens with zero attached hydrogens (tertiary/aromatic N) is 4. The van der Waals surface area contributed by atoms with Crippen molar-refractivity contribution < 1.29 is 14.0 Å². The number of pyridine rings is 1. The van der Waals surface area contributed by atoms with Crippen LogP contribution in [0.15, 0.2) is 183 Å².